The highest BCUT2D eigenvalue weighted by Gasteiger charge is 2.33. The lowest BCUT2D eigenvalue weighted by atomic mass is 9.93. The summed E-state index contributed by atoms with van der Waals surface area (Å²) < 4.78 is 30.1. The minimum Gasteiger partial charge on any atom is -0.446 e. The summed E-state index contributed by atoms with van der Waals surface area (Å²) >= 11 is 0. The highest BCUT2D eigenvalue weighted by molar-refractivity contribution is 6.38. The van der Waals surface area contributed by atoms with E-state index in [0.717, 1.165) is 50.4 Å². The van der Waals surface area contributed by atoms with Crippen molar-refractivity contribution in [1.29, 1.82) is 0 Å². The molecule has 4 atom stereocenters. The van der Waals surface area contributed by atoms with E-state index in [1.165, 1.54) is 12.8 Å². The molecule has 4 N–H and O–H groups in total. The third-order valence-electron chi connectivity index (χ3n) is 9.50. The summed E-state index contributed by atoms with van der Waals surface area (Å²) in [5, 5.41) is 10.2. The van der Waals surface area contributed by atoms with Gasteiger partial charge in [-0.3, -0.25) is 24.1 Å². The van der Waals surface area contributed by atoms with Crippen LogP contribution in [0.2, 0.25) is 0 Å². The summed E-state index contributed by atoms with van der Waals surface area (Å²) in [4.78, 5) is 84.3. The van der Waals surface area contributed by atoms with Gasteiger partial charge in [0.1, 0.15) is 24.7 Å². The third-order valence-corrected chi connectivity index (χ3v) is 9.50. The Morgan fingerprint density at radius 2 is 1.46 bits per heavy atom. The Labute approximate surface area is 351 Å². The number of amides is 4. The first-order valence-corrected chi connectivity index (χ1v) is 20.5. The quantitative estimate of drug-likeness (QED) is 0.0790. The molecule has 2 fully saturated rings. The van der Waals surface area contributed by atoms with E-state index in [2.05, 4.69) is 21.3 Å². The van der Waals surface area contributed by atoms with Gasteiger partial charge >= 0.3 is 6.09 Å². The number of carbonyl (C=O) groups excluding carboxylic acids is 7. The van der Waals surface area contributed by atoms with Crippen LogP contribution in [0.5, 0.6) is 0 Å². The van der Waals surface area contributed by atoms with E-state index < -0.39 is 48.6 Å². The maximum Gasteiger partial charge on any atom is 0.407 e. The van der Waals surface area contributed by atoms with Gasteiger partial charge in [0.05, 0.1) is 24.7 Å². The molecule has 16 heteroatoms. The lowest BCUT2D eigenvalue weighted by Crippen LogP contribution is -2.54. The Hall–Kier alpha value is -4.31. The van der Waals surface area contributed by atoms with E-state index in [4.69, 9.17) is 4.74 Å². The molecule has 3 rings (SSSR count). The van der Waals surface area contributed by atoms with Crippen LogP contribution in [0, 0.1) is 11.8 Å². The number of Topliss-reactive ketones (excluding diaryl/α,β-unsaturated/α-hetero) is 1. The number of hydrogen-bond donors (Lipinski definition) is 4. The van der Waals surface area contributed by atoms with Crippen molar-refractivity contribution in [2.45, 2.75) is 143 Å². The number of hydrogen-bond acceptors (Lipinski definition) is 10. The average Bonchev–Trinajstić information content (AvgIpc) is 4.06. The number of ketones is 1. The van der Waals surface area contributed by atoms with E-state index in [1.54, 1.807) is 38.0 Å². The molecule has 0 saturated heterocycles. The molecular formula is C43H74F2N6O8. The topological polar surface area (TPSA) is 183 Å². The third kappa shape index (κ3) is 23.2. The fourth-order valence-electron chi connectivity index (χ4n) is 6.18. The number of likely N-dealkylation sites (N-methyl/N-ethyl adjacent to an activating group) is 3. The summed E-state index contributed by atoms with van der Waals surface area (Å²) in [6, 6.07) is 7.17. The first kappa shape index (κ1) is 56.8. The van der Waals surface area contributed by atoms with Crippen molar-refractivity contribution in [2.75, 3.05) is 41.3 Å². The zero-order valence-electron chi connectivity index (χ0n) is 36.1. The van der Waals surface area contributed by atoms with E-state index >= 15 is 0 Å². The van der Waals surface area contributed by atoms with Crippen LogP contribution in [-0.2, 0) is 33.5 Å². The zero-order valence-corrected chi connectivity index (χ0v) is 36.1. The zero-order chi connectivity index (χ0) is 44.2. The normalized spacial score (nSPS) is 15.6. The van der Waals surface area contributed by atoms with Crippen LogP contribution >= 0.6 is 0 Å². The van der Waals surface area contributed by atoms with Crippen LogP contribution in [0.1, 0.15) is 118 Å². The second-order valence-corrected chi connectivity index (χ2v) is 14.6. The molecule has 0 heterocycles. The highest BCUT2D eigenvalue weighted by atomic mass is 19.3. The van der Waals surface area contributed by atoms with Gasteiger partial charge in [-0.05, 0) is 70.1 Å². The minimum atomic E-state index is -2.66. The number of aldehydes is 2. The molecule has 0 spiro atoms. The Balaban J connectivity index is 0. The maximum atomic E-state index is 12.5. The van der Waals surface area contributed by atoms with E-state index in [9.17, 15) is 42.3 Å². The van der Waals surface area contributed by atoms with Gasteiger partial charge in [-0.25, -0.2) is 13.6 Å². The monoisotopic (exact) mass is 841 g/mol. The number of benzene rings is 1. The fraction of sp³-hybridized carbons (Fsp3) is 0.698. The summed E-state index contributed by atoms with van der Waals surface area (Å²) in [5.74, 6) is -2.36. The lowest BCUT2D eigenvalue weighted by Gasteiger charge is -2.30. The molecule has 59 heavy (non-hydrogen) atoms. The van der Waals surface area contributed by atoms with Gasteiger partial charge in [0.25, 0.3) is 5.91 Å². The van der Waals surface area contributed by atoms with Gasteiger partial charge in [0.2, 0.25) is 24.0 Å². The molecule has 4 amide bonds. The van der Waals surface area contributed by atoms with Crippen molar-refractivity contribution < 1.29 is 47.1 Å². The standard InChI is InChI=1S/C16H27F2N3O4.C13H21NO3.C11H16N2O.C2H6.CH4/c1-5-21(4)13(10(2)3)15(24)20-11(6-7-12(17)18)14(23)16(25)19-8-9-22;15-9-12(10-5-3-1-2-4-6-10)14-13(16)17-11-7-8-11;1-12-10(11(14)13(2)3)9-7-5-4-6-8-9;1-2;/h9-13H,5-8H2,1-4H3,(H,19,25)(H,20,24);9-12H,1-8H2,(H,14,16);4-8,10,12H,1-3H3;1-2H3;1H4. The number of alkyl carbamates (subject to hydrolysis) is 1. The molecule has 1 aromatic carbocycles. The lowest BCUT2D eigenvalue weighted by molar-refractivity contribution is -0.141. The molecule has 0 aromatic heterocycles. The number of carbonyl (C=O) groups is 7. The summed E-state index contributed by atoms with van der Waals surface area (Å²) in [5.41, 5.74) is 0.994. The summed E-state index contributed by atoms with van der Waals surface area (Å²) in [6.07, 6.45) is 6.07. The molecule has 2 aliphatic carbocycles. The molecule has 0 radical (unpaired) electrons. The smallest absolute Gasteiger partial charge is 0.407 e. The molecule has 2 aliphatic rings. The van der Waals surface area contributed by atoms with Gasteiger partial charge in [-0.15, -0.1) is 0 Å². The first-order valence-electron chi connectivity index (χ1n) is 20.5. The summed E-state index contributed by atoms with van der Waals surface area (Å²) in [6.45, 7) is 9.71. The first-order chi connectivity index (χ1) is 27.6. The van der Waals surface area contributed by atoms with Gasteiger partial charge in [0.15, 0.2) is 0 Å². The van der Waals surface area contributed by atoms with E-state index in [0.29, 0.717) is 18.7 Å². The van der Waals surface area contributed by atoms with E-state index in [1.807, 2.05) is 65.0 Å². The van der Waals surface area contributed by atoms with Crippen LogP contribution in [0.4, 0.5) is 13.6 Å². The van der Waals surface area contributed by atoms with E-state index in [-0.39, 0.29) is 50.4 Å². The Morgan fingerprint density at radius 1 is 0.881 bits per heavy atom. The molecule has 0 bridgehead atoms. The highest BCUT2D eigenvalue weighted by Crippen LogP contribution is 2.26. The number of halogens is 2. The molecule has 2 saturated carbocycles. The van der Waals surface area contributed by atoms with Crippen LogP contribution in [0.25, 0.3) is 0 Å². The predicted molar refractivity (Wildman–Crippen MR) is 227 cm³/mol. The van der Waals surface area contributed by atoms with Crippen molar-refractivity contribution in [3.8, 4) is 0 Å². The second kappa shape index (κ2) is 32.5. The molecule has 4 unspecified atom stereocenters. The number of rotatable bonds is 19. The van der Waals surface area contributed by atoms with Crippen molar-refractivity contribution >= 4 is 42.2 Å². The second-order valence-electron chi connectivity index (χ2n) is 14.6. The van der Waals surface area contributed by atoms with Gasteiger partial charge in [0, 0.05) is 20.5 Å². The molecule has 338 valence electrons. The van der Waals surface area contributed by atoms with Gasteiger partial charge in [-0.1, -0.05) is 98.1 Å². The molecule has 0 aliphatic heterocycles. The van der Waals surface area contributed by atoms with Crippen molar-refractivity contribution in [3.05, 3.63) is 35.9 Å². The molecule has 1 aromatic rings. The largest absolute Gasteiger partial charge is 0.446 e. The number of nitrogens with zero attached hydrogens (tertiary/aromatic N) is 2. The van der Waals surface area contributed by atoms with Crippen molar-refractivity contribution in [1.82, 2.24) is 31.1 Å². The minimum absolute atomic E-state index is 0. The SMILES string of the molecule is C.CC.CCN(C)C(C(=O)NC(CCC(F)F)C(=O)C(=O)NCC=O)C(C)C.CNC(C(=O)N(C)C)c1ccccc1.O=CC(NC(=O)OC1CC1)C1CCCCCC1. The van der Waals surface area contributed by atoms with Crippen LogP contribution in [0.15, 0.2) is 30.3 Å². The van der Waals surface area contributed by atoms with Crippen LogP contribution < -0.4 is 21.3 Å². The fourth-order valence-corrected chi connectivity index (χ4v) is 6.18. The Morgan fingerprint density at radius 3 is 1.90 bits per heavy atom. The van der Waals surface area contributed by atoms with Crippen molar-refractivity contribution in [3.63, 3.8) is 0 Å². The van der Waals surface area contributed by atoms with Gasteiger partial charge < -0.3 is 40.5 Å². The van der Waals surface area contributed by atoms with Crippen LogP contribution in [0.3, 0.4) is 0 Å². The number of nitrogens with one attached hydrogen (secondary N) is 4. The Kier molecular flexibility index (Phi) is 31.3. The van der Waals surface area contributed by atoms with Crippen LogP contribution in [-0.4, -0.2) is 124 Å². The maximum absolute atomic E-state index is 12.5. The average molecular weight is 841 g/mol. The van der Waals surface area contributed by atoms with Crippen molar-refractivity contribution in [2.24, 2.45) is 11.8 Å². The number of ether oxygens (including phenoxy) is 1. The predicted octanol–water partition coefficient (Wildman–Crippen LogP) is 5.49. The molecular weight excluding hydrogens is 767 g/mol. The summed E-state index contributed by atoms with van der Waals surface area (Å²) in [7, 11) is 7.04. The number of alkyl halides is 2. The molecule has 14 nitrogen and oxygen atoms in total. The Bertz CT molecular complexity index is 1360. The van der Waals surface area contributed by atoms with Gasteiger partial charge in [-0.2, -0.15) is 0 Å².